The van der Waals surface area contributed by atoms with E-state index in [0.29, 0.717) is 10.6 Å². The molecule has 2 aromatic heterocycles. The largest absolute Gasteiger partial charge is 0.406 e. The minimum atomic E-state index is -0.898. The zero-order valence-electron chi connectivity index (χ0n) is 15.6. The lowest BCUT2D eigenvalue weighted by molar-refractivity contribution is -0.133. The molecule has 0 aliphatic heterocycles. The Morgan fingerprint density at radius 2 is 2.13 bits per heavy atom. The van der Waals surface area contributed by atoms with Crippen LogP contribution in [0.4, 0.5) is 6.01 Å². The predicted molar refractivity (Wildman–Crippen MR) is 110 cm³/mol. The van der Waals surface area contributed by atoms with Crippen molar-refractivity contribution in [3.8, 4) is 6.07 Å². The summed E-state index contributed by atoms with van der Waals surface area (Å²) in [6.45, 7) is -0.345. The Balaban J connectivity index is 1.84. The molecule has 0 spiro atoms. The first-order chi connectivity index (χ1) is 14.5. The molecule has 0 bridgehead atoms. The van der Waals surface area contributed by atoms with E-state index in [0.717, 1.165) is 4.90 Å². The van der Waals surface area contributed by atoms with E-state index in [1.807, 2.05) is 18.2 Å². The molecule has 0 aliphatic carbocycles. The predicted octanol–water partition coefficient (Wildman–Crippen LogP) is 2.43. The van der Waals surface area contributed by atoms with Gasteiger partial charge in [-0.1, -0.05) is 34.9 Å². The van der Waals surface area contributed by atoms with Gasteiger partial charge < -0.3 is 20.2 Å². The third-order valence-electron chi connectivity index (χ3n) is 4.09. The molecule has 3 aromatic rings. The highest BCUT2D eigenvalue weighted by atomic mass is 35.5. The Hall–Kier alpha value is -3.13. The zero-order chi connectivity index (χ0) is 21.5. The standard InChI is InChI=1S/C19H17ClN6O3S/c20-14-3-1-2-4-16(14)30-11-17(28)26(9-12-5-6-13(7-21)23-8-12)15(10-27)18-24-25-19(22)29-18/h1-6,8,15,27H,9-11H2,(H2,22,25). The lowest BCUT2D eigenvalue weighted by Crippen LogP contribution is -2.37. The van der Waals surface area contributed by atoms with Gasteiger partial charge in [0.2, 0.25) is 11.8 Å². The van der Waals surface area contributed by atoms with Gasteiger partial charge in [-0.15, -0.1) is 16.9 Å². The number of carbonyl (C=O) groups excluding carboxylic acids is 1. The second kappa shape index (κ2) is 10.1. The quantitative estimate of drug-likeness (QED) is 0.500. The molecule has 1 atom stereocenters. The van der Waals surface area contributed by atoms with Crippen LogP contribution in [0.15, 0.2) is 51.9 Å². The number of pyridine rings is 1. The number of hydrogen-bond acceptors (Lipinski definition) is 9. The summed E-state index contributed by atoms with van der Waals surface area (Å²) in [6, 6.07) is 11.3. The fraction of sp³-hybridized carbons (Fsp3) is 0.211. The number of amides is 1. The van der Waals surface area contributed by atoms with Crippen LogP contribution in [-0.2, 0) is 11.3 Å². The lowest BCUT2D eigenvalue weighted by atomic mass is 10.2. The number of hydrogen-bond donors (Lipinski definition) is 2. The van der Waals surface area contributed by atoms with E-state index in [9.17, 15) is 9.90 Å². The molecular formula is C19H17ClN6O3S. The maximum absolute atomic E-state index is 13.1. The molecule has 0 aliphatic rings. The van der Waals surface area contributed by atoms with Crippen LogP contribution in [0.25, 0.3) is 0 Å². The van der Waals surface area contributed by atoms with E-state index in [2.05, 4.69) is 15.2 Å². The Morgan fingerprint density at radius 1 is 1.33 bits per heavy atom. The molecule has 3 rings (SSSR count). The maximum atomic E-state index is 13.1. The van der Waals surface area contributed by atoms with Crippen molar-refractivity contribution < 1.29 is 14.3 Å². The van der Waals surface area contributed by atoms with Crippen LogP contribution in [0.5, 0.6) is 0 Å². The second-order valence-corrected chi connectivity index (χ2v) is 7.51. The Labute approximate surface area is 181 Å². The van der Waals surface area contributed by atoms with Crippen molar-refractivity contribution >= 4 is 35.3 Å². The van der Waals surface area contributed by atoms with E-state index >= 15 is 0 Å². The number of rotatable bonds is 8. The van der Waals surface area contributed by atoms with Gasteiger partial charge in [0.15, 0.2) is 0 Å². The molecule has 9 nitrogen and oxygen atoms in total. The maximum Gasteiger partial charge on any atom is 0.312 e. The third-order valence-corrected chi connectivity index (χ3v) is 5.59. The highest BCUT2D eigenvalue weighted by molar-refractivity contribution is 8.00. The number of thioether (sulfide) groups is 1. The summed E-state index contributed by atoms with van der Waals surface area (Å²) in [5.74, 6) is -0.208. The topological polar surface area (TPSA) is 142 Å². The number of nitriles is 1. The first kappa shape index (κ1) is 21.6. The van der Waals surface area contributed by atoms with Crippen LogP contribution in [0.1, 0.15) is 23.2 Å². The van der Waals surface area contributed by atoms with Crippen molar-refractivity contribution in [1.82, 2.24) is 20.1 Å². The first-order valence-electron chi connectivity index (χ1n) is 8.73. The molecule has 30 heavy (non-hydrogen) atoms. The van der Waals surface area contributed by atoms with E-state index in [1.54, 1.807) is 24.3 Å². The number of aromatic nitrogens is 3. The van der Waals surface area contributed by atoms with Crippen LogP contribution in [0.2, 0.25) is 5.02 Å². The molecule has 1 amide bonds. The number of benzene rings is 1. The molecule has 1 aromatic carbocycles. The number of anilines is 1. The van der Waals surface area contributed by atoms with E-state index in [-0.39, 0.29) is 35.8 Å². The van der Waals surface area contributed by atoms with Gasteiger partial charge in [-0.3, -0.25) is 4.79 Å². The van der Waals surface area contributed by atoms with Gasteiger partial charge in [0.1, 0.15) is 17.8 Å². The van der Waals surface area contributed by atoms with E-state index in [1.165, 1.54) is 22.9 Å². The second-order valence-electron chi connectivity index (χ2n) is 6.08. The molecule has 3 N–H and O–H groups in total. The molecule has 0 saturated carbocycles. The number of aliphatic hydroxyl groups excluding tert-OH is 1. The Kier molecular flexibility index (Phi) is 7.24. The summed E-state index contributed by atoms with van der Waals surface area (Å²) in [6.07, 6.45) is 1.50. The normalized spacial score (nSPS) is 11.6. The van der Waals surface area contributed by atoms with Crippen molar-refractivity contribution in [3.05, 3.63) is 64.8 Å². The number of nitrogens with two attached hydrogens (primary N) is 1. The van der Waals surface area contributed by atoms with Crippen molar-refractivity contribution in [3.63, 3.8) is 0 Å². The molecule has 0 fully saturated rings. The number of nitrogens with zero attached hydrogens (tertiary/aromatic N) is 5. The SMILES string of the molecule is N#Cc1ccc(CN(C(=O)CSc2ccccc2Cl)C(CO)c2nnc(N)o2)cn1. The summed E-state index contributed by atoms with van der Waals surface area (Å²) >= 11 is 7.44. The smallest absolute Gasteiger partial charge is 0.312 e. The van der Waals surface area contributed by atoms with Crippen molar-refractivity contribution in [2.75, 3.05) is 18.1 Å². The zero-order valence-corrected chi connectivity index (χ0v) is 17.2. The number of halogens is 1. The van der Waals surface area contributed by atoms with Gasteiger partial charge >= 0.3 is 6.01 Å². The summed E-state index contributed by atoms with van der Waals surface area (Å²) < 4.78 is 5.24. The van der Waals surface area contributed by atoms with Crippen LogP contribution in [0, 0.1) is 11.3 Å². The average molecular weight is 445 g/mol. The monoisotopic (exact) mass is 444 g/mol. The molecule has 2 heterocycles. The molecule has 0 radical (unpaired) electrons. The van der Waals surface area contributed by atoms with Crippen LogP contribution in [0.3, 0.4) is 0 Å². The number of nitrogen functional groups attached to an aromatic ring is 1. The summed E-state index contributed by atoms with van der Waals surface area (Å²) in [7, 11) is 0. The van der Waals surface area contributed by atoms with Crippen LogP contribution in [-0.4, -0.2) is 43.5 Å². The Morgan fingerprint density at radius 3 is 2.73 bits per heavy atom. The van der Waals surface area contributed by atoms with Gasteiger partial charge in [0.05, 0.1) is 17.4 Å². The summed E-state index contributed by atoms with van der Waals surface area (Å²) in [4.78, 5) is 19.3. The first-order valence-corrected chi connectivity index (χ1v) is 10.1. The van der Waals surface area contributed by atoms with Gasteiger partial charge in [0.25, 0.3) is 0 Å². The van der Waals surface area contributed by atoms with Crippen LogP contribution >= 0.6 is 23.4 Å². The van der Waals surface area contributed by atoms with Crippen molar-refractivity contribution in [1.29, 1.82) is 5.26 Å². The summed E-state index contributed by atoms with van der Waals surface area (Å²) in [5, 5.41) is 26.8. The molecule has 1 unspecified atom stereocenters. The van der Waals surface area contributed by atoms with Gasteiger partial charge in [-0.05, 0) is 23.8 Å². The molecule has 0 saturated heterocycles. The number of aliphatic hydroxyl groups is 1. The van der Waals surface area contributed by atoms with Gasteiger partial charge in [-0.2, -0.15) is 5.26 Å². The highest BCUT2D eigenvalue weighted by Gasteiger charge is 2.29. The van der Waals surface area contributed by atoms with Crippen LogP contribution < -0.4 is 5.73 Å². The Bertz CT molecular complexity index is 1050. The molecule has 11 heteroatoms. The fourth-order valence-corrected chi connectivity index (χ4v) is 3.75. The van der Waals surface area contributed by atoms with Gasteiger partial charge in [-0.25, -0.2) is 4.98 Å². The fourth-order valence-electron chi connectivity index (χ4n) is 2.63. The highest BCUT2D eigenvalue weighted by Crippen LogP contribution is 2.29. The van der Waals surface area contributed by atoms with Gasteiger partial charge in [0, 0.05) is 17.6 Å². The van der Waals surface area contributed by atoms with E-state index < -0.39 is 12.6 Å². The van der Waals surface area contributed by atoms with Crippen molar-refractivity contribution in [2.45, 2.75) is 17.5 Å². The number of carbonyl (C=O) groups is 1. The summed E-state index contributed by atoms with van der Waals surface area (Å²) in [5.41, 5.74) is 6.42. The van der Waals surface area contributed by atoms with E-state index in [4.69, 9.17) is 27.0 Å². The van der Waals surface area contributed by atoms with Crippen molar-refractivity contribution in [2.24, 2.45) is 0 Å². The molecular weight excluding hydrogens is 428 g/mol. The average Bonchev–Trinajstić information content (AvgIpc) is 3.19. The lowest BCUT2D eigenvalue weighted by Gasteiger charge is -2.28. The minimum Gasteiger partial charge on any atom is -0.406 e. The third kappa shape index (κ3) is 5.27. The minimum absolute atomic E-state index is 0.0210. The molecule has 154 valence electrons.